The summed E-state index contributed by atoms with van der Waals surface area (Å²) in [5, 5.41) is 2.68. The zero-order valence-corrected chi connectivity index (χ0v) is 15.1. The molecule has 0 saturated heterocycles. The first-order chi connectivity index (χ1) is 13.0. The second-order valence-electron chi connectivity index (χ2n) is 5.42. The van der Waals surface area contributed by atoms with E-state index in [0.717, 1.165) is 0 Å². The molecule has 0 aliphatic rings. The zero-order chi connectivity index (χ0) is 19.6. The largest absolute Gasteiger partial charge is 0.493 e. The molecule has 27 heavy (non-hydrogen) atoms. The van der Waals surface area contributed by atoms with Crippen LogP contribution in [0.2, 0.25) is 0 Å². The number of carbonyl (C=O) groups excluding carboxylic acids is 3. The number of nitrogens with one attached hydrogen (secondary N) is 3. The first-order valence-corrected chi connectivity index (χ1v) is 8.28. The van der Waals surface area contributed by atoms with E-state index in [1.165, 1.54) is 19.2 Å². The number of carbonyl (C=O) groups is 3. The standard InChI is InChI=1S/C19H21N3O5/c1-3-17(23)20-14-10-8-13(9-11-14)19(25)22-21-18(24)12-27-16-7-5-4-6-15(16)26-2/h4-11H,3,12H2,1-2H3,(H,20,23)(H,21,24)(H,22,25). The molecule has 3 N–H and O–H groups in total. The summed E-state index contributed by atoms with van der Waals surface area (Å²) in [7, 11) is 1.50. The molecule has 0 aliphatic carbocycles. The van der Waals surface area contributed by atoms with E-state index in [4.69, 9.17) is 9.47 Å². The van der Waals surface area contributed by atoms with Gasteiger partial charge >= 0.3 is 0 Å². The number of benzene rings is 2. The van der Waals surface area contributed by atoms with Gasteiger partial charge in [0.25, 0.3) is 11.8 Å². The minimum absolute atomic E-state index is 0.116. The summed E-state index contributed by atoms with van der Waals surface area (Å²) >= 11 is 0. The molecule has 2 rings (SSSR count). The lowest BCUT2D eigenvalue weighted by molar-refractivity contribution is -0.123. The molecule has 8 nitrogen and oxygen atoms in total. The van der Waals surface area contributed by atoms with Crippen molar-refractivity contribution in [1.29, 1.82) is 0 Å². The number of ether oxygens (including phenoxy) is 2. The highest BCUT2D eigenvalue weighted by atomic mass is 16.5. The molecule has 0 spiro atoms. The lowest BCUT2D eigenvalue weighted by Gasteiger charge is -2.11. The van der Waals surface area contributed by atoms with Gasteiger partial charge in [0.2, 0.25) is 5.91 Å². The van der Waals surface area contributed by atoms with Gasteiger partial charge in [-0.3, -0.25) is 25.2 Å². The maximum absolute atomic E-state index is 12.0. The Morgan fingerprint density at radius 1 is 0.889 bits per heavy atom. The second-order valence-corrected chi connectivity index (χ2v) is 5.42. The van der Waals surface area contributed by atoms with E-state index in [2.05, 4.69) is 16.2 Å². The third kappa shape index (κ3) is 6.03. The van der Waals surface area contributed by atoms with Gasteiger partial charge in [-0.05, 0) is 36.4 Å². The molecule has 2 aromatic carbocycles. The molecule has 142 valence electrons. The number of hydrazine groups is 1. The molecule has 0 fully saturated rings. The lowest BCUT2D eigenvalue weighted by atomic mass is 10.2. The van der Waals surface area contributed by atoms with Crippen LogP contribution >= 0.6 is 0 Å². The predicted molar refractivity (Wildman–Crippen MR) is 99.5 cm³/mol. The third-order valence-electron chi connectivity index (χ3n) is 3.50. The van der Waals surface area contributed by atoms with E-state index >= 15 is 0 Å². The minimum atomic E-state index is -0.527. The van der Waals surface area contributed by atoms with Crippen LogP contribution in [0.5, 0.6) is 11.5 Å². The maximum Gasteiger partial charge on any atom is 0.276 e. The predicted octanol–water partition coefficient (Wildman–Crippen LogP) is 1.88. The van der Waals surface area contributed by atoms with Gasteiger partial charge in [0.05, 0.1) is 7.11 Å². The summed E-state index contributed by atoms with van der Waals surface area (Å²) in [5.41, 5.74) is 5.49. The van der Waals surface area contributed by atoms with Crippen LogP contribution in [0, 0.1) is 0 Å². The molecular formula is C19H21N3O5. The summed E-state index contributed by atoms with van der Waals surface area (Å²) in [6.45, 7) is 1.46. The Bertz CT molecular complexity index is 805. The molecule has 0 heterocycles. The number of amides is 3. The van der Waals surface area contributed by atoms with Crippen molar-refractivity contribution in [3.05, 3.63) is 54.1 Å². The molecule has 8 heteroatoms. The summed E-state index contributed by atoms with van der Waals surface area (Å²) in [6, 6.07) is 13.2. The van der Waals surface area contributed by atoms with E-state index in [-0.39, 0.29) is 12.5 Å². The highest BCUT2D eigenvalue weighted by Crippen LogP contribution is 2.25. The van der Waals surface area contributed by atoms with Crippen molar-refractivity contribution in [2.45, 2.75) is 13.3 Å². The molecule has 0 bridgehead atoms. The zero-order valence-electron chi connectivity index (χ0n) is 15.1. The average Bonchev–Trinajstić information content (AvgIpc) is 2.71. The van der Waals surface area contributed by atoms with Crippen LogP contribution in [0.25, 0.3) is 0 Å². The molecule has 2 aromatic rings. The Labute approximate surface area is 156 Å². The first-order valence-electron chi connectivity index (χ1n) is 8.28. The van der Waals surface area contributed by atoms with Gasteiger partial charge in [0, 0.05) is 17.7 Å². The van der Waals surface area contributed by atoms with Gasteiger partial charge in [-0.2, -0.15) is 0 Å². The molecule has 0 saturated carbocycles. The fraction of sp³-hybridized carbons (Fsp3) is 0.211. The molecule has 3 amide bonds. The highest BCUT2D eigenvalue weighted by molar-refractivity contribution is 5.96. The van der Waals surface area contributed by atoms with E-state index in [1.54, 1.807) is 43.3 Å². The van der Waals surface area contributed by atoms with Crippen LogP contribution < -0.4 is 25.6 Å². The van der Waals surface area contributed by atoms with Crippen molar-refractivity contribution in [1.82, 2.24) is 10.9 Å². The lowest BCUT2D eigenvalue weighted by Crippen LogP contribution is -2.43. The van der Waals surface area contributed by atoms with Crippen LogP contribution in [0.15, 0.2) is 48.5 Å². The molecule has 0 unspecified atom stereocenters. The van der Waals surface area contributed by atoms with Crippen molar-refractivity contribution < 1.29 is 23.9 Å². The quantitative estimate of drug-likeness (QED) is 0.645. The fourth-order valence-corrected chi connectivity index (χ4v) is 2.07. The van der Waals surface area contributed by atoms with Crippen LogP contribution in [-0.4, -0.2) is 31.4 Å². The topological polar surface area (TPSA) is 106 Å². The Hall–Kier alpha value is -3.55. The SMILES string of the molecule is CCC(=O)Nc1ccc(C(=O)NNC(=O)COc2ccccc2OC)cc1. The van der Waals surface area contributed by atoms with Crippen molar-refractivity contribution in [2.75, 3.05) is 19.0 Å². The molecule has 0 aliphatic heterocycles. The van der Waals surface area contributed by atoms with Crippen LogP contribution in [0.3, 0.4) is 0 Å². The Morgan fingerprint density at radius 2 is 1.56 bits per heavy atom. The Morgan fingerprint density at radius 3 is 2.19 bits per heavy atom. The number of hydrogen-bond donors (Lipinski definition) is 3. The van der Waals surface area contributed by atoms with Crippen LogP contribution in [0.4, 0.5) is 5.69 Å². The Balaban J connectivity index is 1.80. The van der Waals surface area contributed by atoms with Gasteiger partial charge < -0.3 is 14.8 Å². The monoisotopic (exact) mass is 371 g/mol. The molecule has 0 radical (unpaired) electrons. The van der Waals surface area contributed by atoms with Crippen molar-refractivity contribution in [3.8, 4) is 11.5 Å². The van der Waals surface area contributed by atoms with Crippen molar-refractivity contribution >= 4 is 23.4 Å². The average molecular weight is 371 g/mol. The van der Waals surface area contributed by atoms with E-state index in [0.29, 0.717) is 29.2 Å². The minimum Gasteiger partial charge on any atom is -0.493 e. The first kappa shape index (κ1) is 19.8. The maximum atomic E-state index is 12.0. The van der Waals surface area contributed by atoms with Crippen molar-refractivity contribution in [2.24, 2.45) is 0 Å². The van der Waals surface area contributed by atoms with E-state index in [9.17, 15) is 14.4 Å². The number of anilines is 1. The summed E-state index contributed by atoms with van der Waals surface area (Å²) in [6.07, 6.45) is 0.366. The summed E-state index contributed by atoms with van der Waals surface area (Å²) in [4.78, 5) is 35.2. The van der Waals surface area contributed by atoms with Gasteiger partial charge in [-0.15, -0.1) is 0 Å². The smallest absolute Gasteiger partial charge is 0.276 e. The van der Waals surface area contributed by atoms with Gasteiger partial charge in [-0.1, -0.05) is 19.1 Å². The van der Waals surface area contributed by atoms with E-state index in [1.807, 2.05) is 0 Å². The summed E-state index contributed by atoms with van der Waals surface area (Å²) in [5.74, 6) is -0.208. The van der Waals surface area contributed by atoms with Gasteiger partial charge in [0.15, 0.2) is 18.1 Å². The summed E-state index contributed by atoms with van der Waals surface area (Å²) < 4.78 is 10.5. The number of methoxy groups -OCH3 is 1. The number of rotatable bonds is 7. The van der Waals surface area contributed by atoms with Gasteiger partial charge in [-0.25, -0.2) is 0 Å². The van der Waals surface area contributed by atoms with Crippen LogP contribution in [-0.2, 0) is 9.59 Å². The van der Waals surface area contributed by atoms with E-state index < -0.39 is 11.8 Å². The molecule has 0 aromatic heterocycles. The third-order valence-corrected chi connectivity index (χ3v) is 3.50. The number of para-hydroxylation sites is 2. The second kappa shape index (κ2) is 9.81. The molecular weight excluding hydrogens is 350 g/mol. The normalized spacial score (nSPS) is 9.85. The fourth-order valence-electron chi connectivity index (χ4n) is 2.07. The van der Waals surface area contributed by atoms with Gasteiger partial charge in [0.1, 0.15) is 0 Å². The molecule has 0 atom stereocenters. The van der Waals surface area contributed by atoms with Crippen LogP contribution in [0.1, 0.15) is 23.7 Å². The highest BCUT2D eigenvalue weighted by Gasteiger charge is 2.10. The van der Waals surface area contributed by atoms with Crippen molar-refractivity contribution in [3.63, 3.8) is 0 Å². The Kier molecular flexibility index (Phi) is 7.18. The number of hydrogen-bond acceptors (Lipinski definition) is 5.